The van der Waals surface area contributed by atoms with Gasteiger partial charge in [-0.15, -0.1) is 0 Å². The van der Waals surface area contributed by atoms with E-state index in [-0.39, 0.29) is 24.4 Å². The molecule has 0 aromatic rings. The quantitative estimate of drug-likeness (QED) is 0.599. The van der Waals surface area contributed by atoms with E-state index >= 15 is 0 Å². The molecule has 0 aliphatic carbocycles. The fraction of sp³-hybridized carbons (Fsp3) is 0.750. The van der Waals surface area contributed by atoms with E-state index in [2.05, 4.69) is 10.6 Å². The lowest BCUT2D eigenvalue weighted by Crippen LogP contribution is -2.49. The van der Waals surface area contributed by atoms with Gasteiger partial charge in [0.05, 0.1) is 0 Å². The van der Waals surface area contributed by atoms with E-state index in [9.17, 15) is 14.4 Å². The molecule has 1 fully saturated rings. The molecule has 7 heteroatoms. The number of carbonyl (C=O) groups is 3. The summed E-state index contributed by atoms with van der Waals surface area (Å²) in [6.07, 6.45) is 2.78. The molecule has 0 saturated carbocycles. The van der Waals surface area contributed by atoms with Crippen LogP contribution in [0.5, 0.6) is 0 Å². The maximum atomic E-state index is 11.9. The first-order chi connectivity index (χ1) is 9.06. The summed E-state index contributed by atoms with van der Waals surface area (Å²) in [4.78, 5) is 35.3. The summed E-state index contributed by atoms with van der Waals surface area (Å²) in [5, 5.41) is 13.8. The minimum atomic E-state index is -0.828. The van der Waals surface area contributed by atoms with E-state index in [1.165, 1.54) is 4.90 Å². The molecule has 7 nitrogen and oxygen atoms in total. The van der Waals surface area contributed by atoms with Crippen molar-refractivity contribution in [1.82, 2.24) is 15.5 Å². The number of carbonyl (C=O) groups excluding carboxylic acids is 2. The Kier molecular flexibility index (Phi) is 6.11. The maximum Gasteiger partial charge on any atom is 0.318 e. The second-order valence-electron chi connectivity index (χ2n) is 4.55. The van der Waals surface area contributed by atoms with Crippen molar-refractivity contribution in [3.8, 4) is 0 Å². The van der Waals surface area contributed by atoms with Crippen molar-refractivity contribution in [3.05, 3.63) is 0 Å². The normalized spacial score (nSPS) is 18.2. The zero-order valence-electron chi connectivity index (χ0n) is 11.1. The molecule has 3 amide bonds. The van der Waals surface area contributed by atoms with Gasteiger partial charge in [-0.25, -0.2) is 4.79 Å². The fourth-order valence-corrected chi connectivity index (χ4v) is 2.15. The highest BCUT2D eigenvalue weighted by atomic mass is 16.4. The monoisotopic (exact) mass is 271 g/mol. The first-order valence-corrected chi connectivity index (χ1v) is 6.54. The number of carboxylic acid groups (broad SMARTS) is 1. The number of likely N-dealkylation sites (N-methyl/N-ethyl adjacent to an activating group) is 1. The van der Waals surface area contributed by atoms with Gasteiger partial charge in [0.15, 0.2) is 0 Å². The Labute approximate surface area is 112 Å². The lowest BCUT2D eigenvalue weighted by molar-refractivity contribution is -0.137. The summed E-state index contributed by atoms with van der Waals surface area (Å²) in [6.45, 7) is 1.02. The van der Waals surface area contributed by atoms with Crippen molar-refractivity contribution in [2.24, 2.45) is 0 Å². The Balaban J connectivity index is 2.28. The number of nitrogens with zero attached hydrogens (tertiary/aromatic N) is 1. The third kappa shape index (κ3) is 4.76. The molecule has 108 valence electrons. The first kappa shape index (κ1) is 15.3. The van der Waals surface area contributed by atoms with Crippen LogP contribution in [0.2, 0.25) is 0 Å². The molecule has 0 radical (unpaired) electrons. The number of likely N-dealkylation sites (tertiary alicyclic amines) is 1. The first-order valence-electron chi connectivity index (χ1n) is 6.54. The molecule has 0 aromatic carbocycles. The van der Waals surface area contributed by atoms with E-state index in [0.29, 0.717) is 32.4 Å². The number of carboxylic acids is 1. The SMILES string of the molecule is CNC(=O)C1CCCN1C(=O)NCCCCC(=O)O. The van der Waals surface area contributed by atoms with E-state index < -0.39 is 5.97 Å². The molecule has 19 heavy (non-hydrogen) atoms. The van der Waals surface area contributed by atoms with Gasteiger partial charge in [-0.05, 0) is 25.7 Å². The predicted molar refractivity (Wildman–Crippen MR) is 68.7 cm³/mol. The number of hydrogen-bond donors (Lipinski definition) is 3. The third-order valence-electron chi connectivity index (χ3n) is 3.16. The average molecular weight is 271 g/mol. The number of hydrogen-bond acceptors (Lipinski definition) is 3. The van der Waals surface area contributed by atoms with Gasteiger partial charge in [0.1, 0.15) is 6.04 Å². The van der Waals surface area contributed by atoms with E-state index in [4.69, 9.17) is 5.11 Å². The van der Waals surface area contributed by atoms with Crippen LogP contribution < -0.4 is 10.6 Å². The minimum Gasteiger partial charge on any atom is -0.481 e. The van der Waals surface area contributed by atoms with Crippen LogP contribution in [0, 0.1) is 0 Å². The molecular formula is C12H21N3O4. The summed E-state index contributed by atoms with van der Waals surface area (Å²) in [5.74, 6) is -0.968. The molecule has 0 aromatic heterocycles. The lowest BCUT2D eigenvalue weighted by Gasteiger charge is -2.23. The summed E-state index contributed by atoms with van der Waals surface area (Å²) in [6, 6.07) is -0.634. The maximum absolute atomic E-state index is 11.9. The van der Waals surface area contributed by atoms with Gasteiger partial charge < -0.3 is 20.6 Å². The predicted octanol–water partition coefficient (Wildman–Crippen LogP) is 0.161. The Morgan fingerprint density at radius 3 is 2.68 bits per heavy atom. The van der Waals surface area contributed by atoms with Crippen molar-refractivity contribution >= 4 is 17.9 Å². The van der Waals surface area contributed by atoms with Gasteiger partial charge in [-0.1, -0.05) is 0 Å². The summed E-state index contributed by atoms with van der Waals surface area (Å²) < 4.78 is 0. The smallest absolute Gasteiger partial charge is 0.318 e. The van der Waals surface area contributed by atoms with Gasteiger partial charge >= 0.3 is 12.0 Å². The Morgan fingerprint density at radius 1 is 1.32 bits per heavy atom. The van der Waals surface area contributed by atoms with Crippen LogP contribution in [-0.2, 0) is 9.59 Å². The molecule has 1 aliphatic rings. The van der Waals surface area contributed by atoms with Crippen LogP contribution in [0.3, 0.4) is 0 Å². The van der Waals surface area contributed by atoms with Crippen LogP contribution in [0.25, 0.3) is 0 Å². The number of unbranched alkanes of at least 4 members (excludes halogenated alkanes) is 1. The highest BCUT2D eigenvalue weighted by molar-refractivity contribution is 5.87. The standard InChI is InChI=1S/C12H21N3O4/c1-13-11(18)9-5-4-8-15(9)12(19)14-7-3-2-6-10(16)17/h9H,2-8H2,1H3,(H,13,18)(H,14,19)(H,16,17). The highest BCUT2D eigenvalue weighted by Crippen LogP contribution is 2.17. The van der Waals surface area contributed by atoms with Crippen LogP contribution in [0.4, 0.5) is 4.79 Å². The highest BCUT2D eigenvalue weighted by Gasteiger charge is 2.33. The molecule has 1 aliphatic heterocycles. The number of aliphatic carboxylic acids is 1. The molecule has 1 heterocycles. The van der Waals surface area contributed by atoms with Crippen molar-refractivity contribution in [2.75, 3.05) is 20.1 Å². The summed E-state index contributed by atoms with van der Waals surface area (Å²) >= 11 is 0. The molecular weight excluding hydrogens is 250 g/mol. The molecule has 1 saturated heterocycles. The van der Waals surface area contributed by atoms with Crippen molar-refractivity contribution in [1.29, 1.82) is 0 Å². The van der Waals surface area contributed by atoms with E-state index in [0.717, 1.165) is 6.42 Å². The topological polar surface area (TPSA) is 98.7 Å². The Morgan fingerprint density at radius 2 is 2.05 bits per heavy atom. The second-order valence-corrected chi connectivity index (χ2v) is 4.55. The summed E-state index contributed by atoms with van der Waals surface area (Å²) in [5.41, 5.74) is 0. The van der Waals surface area contributed by atoms with Gasteiger partial charge in [-0.3, -0.25) is 9.59 Å². The summed E-state index contributed by atoms with van der Waals surface area (Å²) in [7, 11) is 1.56. The number of nitrogens with one attached hydrogen (secondary N) is 2. The molecule has 1 rings (SSSR count). The van der Waals surface area contributed by atoms with Crippen LogP contribution in [0.15, 0.2) is 0 Å². The van der Waals surface area contributed by atoms with Crippen LogP contribution in [0.1, 0.15) is 32.1 Å². The van der Waals surface area contributed by atoms with Crippen LogP contribution >= 0.6 is 0 Å². The largest absolute Gasteiger partial charge is 0.481 e. The van der Waals surface area contributed by atoms with E-state index in [1.807, 2.05) is 0 Å². The van der Waals surface area contributed by atoms with Gasteiger partial charge in [0, 0.05) is 26.6 Å². The van der Waals surface area contributed by atoms with E-state index in [1.54, 1.807) is 7.05 Å². The number of amides is 3. The minimum absolute atomic E-state index is 0.112. The molecule has 1 atom stereocenters. The van der Waals surface area contributed by atoms with Gasteiger partial charge in [0.25, 0.3) is 0 Å². The van der Waals surface area contributed by atoms with Crippen LogP contribution in [-0.4, -0.2) is 54.1 Å². The Hall–Kier alpha value is -1.79. The van der Waals surface area contributed by atoms with Gasteiger partial charge in [-0.2, -0.15) is 0 Å². The zero-order chi connectivity index (χ0) is 14.3. The average Bonchev–Trinajstić information content (AvgIpc) is 2.86. The third-order valence-corrected chi connectivity index (χ3v) is 3.16. The van der Waals surface area contributed by atoms with Crippen molar-refractivity contribution in [2.45, 2.75) is 38.1 Å². The molecule has 3 N–H and O–H groups in total. The number of urea groups is 1. The van der Waals surface area contributed by atoms with Crippen molar-refractivity contribution < 1.29 is 19.5 Å². The molecule has 0 bridgehead atoms. The Bertz CT molecular complexity index is 346. The molecule has 1 unspecified atom stereocenters. The fourth-order valence-electron chi connectivity index (χ4n) is 2.15. The zero-order valence-corrected chi connectivity index (χ0v) is 11.1. The van der Waals surface area contributed by atoms with Gasteiger partial charge in [0.2, 0.25) is 5.91 Å². The lowest BCUT2D eigenvalue weighted by atomic mass is 10.2. The molecule has 0 spiro atoms. The second kappa shape index (κ2) is 7.60. The van der Waals surface area contributed by atoms with Crippen molar-refractivity contribution in [3.63, 3.8) is 0 Å². The number of rotatable bonds is 6.